The van der Waals surface area contributed by atoms with Crippen LogP contribution in [0.5, 0.6) is 0 Å². The maximum atomic E-state index is 14.2. The number of hydrogen-bond donors (Lipinski definition) is 3. The molecule has 4 rings (SSSR count). The van der Waals surface area contributed by atoms with Crippen LogP contribution in [0, 0.1) is 29.3 Å². The number of nitrogens with zero attached hydrogens (tertiary/aromatic N) is 2. The van der Waals surface area contributed by atoms with Crippen molar-refractivity contribution in [1.29, 1.82) is 0 Å². The lowest BCUT2D eigenvalue weighted by molar-refractivity contribution is 0.0716. The second kappa shape index (κ2) is 9.77. The quantitative estimate of drug-likeness (QED) is 0.523. The molecule has 1 saturated carbocycles. The van der Waals surface area contributed by atoms with Gasteiger partial charge in [-0.1, -0.05) is 18.2 Å². The number of nitrogens with one attached hydrogen (secondary N) is 1. The van der Waals surface area contributed by atoms with Crippen LogP contribution in [0.2, 0.25) is 0 Å². The predicted octanol–water partition coefficient (Wildman–Crippen LogP) is 3.25. The smallest absolute Gasteiger partial charge is 0.162 e. The maximum Gasteiger partial charge on any atom is 0.162 e. The fourth-order valence-corrected chi connectivity index (χ4v) is 4.40. The summed E-state index contributed by atoms with van der Waals surface area (Å²) in [5.41, 5.74) is 1.54. The molecule has 1 heterocycles. The minimum Gasteiger partial charge on any atom is -0.396 e. The second-order valence-electron chi connectivity index (χ2n) is 8.10. The van der Waals surface area contributed by atoms with Crippen LogP contribution in [-0.2, 0) is 13.0 Å². The van der Waals surface area contributed by atoms with Gasteiger partial charge >= 0.3 is 0 Å². The molecule has 2 aromatic carbocycles. The lowest BCUT2D eigenvalue weighted by Crippen LogP contribution is -2.36. The molecule has 168 valence electrons. The van der Waals surface area contributed by atoms with Gasteiger partial charge in [0.05, 0.1) is 11.7 Å². The van der Waals surface area contributed by atoms with E-state index in [0.717, 1.165) is 12.1 Å². The van der Waals surface area contributed by atoms with Crippen LogP contribution < -0.4 is 5.32 Å². The molecule has 0 saturated heterocycles. The first-order valence-corrected chi connectivity index (χ1v) is 10.5. The lowest BCUT2D eigenvalue weighted by atomic mass is 9.88. The van der Waals surface area contributed by atoms with Crippen molar-refractivity contribution >= 4 is 0 Å². The minimum absolute atomic E-state index is 0.163. The fourth-order valence-electron chi connectivity index (χ4n) is 4.40. The standard InChI is InChI=1S/C24H24F3N3O2/c25-19-4-2-1-3-16(19)24-28-8-7-15(30-24)10-17-18(13-31)23(32)11-22(17)29-12-14-5-6-20(26)21(27)9-14/h1-9,17-18,22-23,29,31-32H,10-13H2. The number of halogens is 3. The van der Waals surface area contributed by atoms with E-state index in [4.69, 9.17) is 0 Å². The summed E-state index contributed by atoms with van der Waals surface area (Å²) in [6, 6.07) is 11.5. The third-order valence-corrected chi connectivity index (χ3v) is 6.09. The van der Waals surface area contributed by atoms with Crippen molar-refractivity contribution in [2.45, 2.75) is 31.5 Å². The van der Waals surface area contributed by atoms with E-state index in [0.29, 0.717) is 29.7 Å². The van der Waals surface area contributed by atoms with Gasteiger partial charge in [0.1, 0.15) is 5.82 Å². The Bertz CT molecular complexity index is 1080. The number of aliphatic hydroxyl groups excluding tert-OH is 2. The molecule has 0 bridgehead atoms. The fraction of sp³-hybridized carbons (Fsp3) is 0.333. The van der Waals surface area contributed by atoms with Crippen molar-refractivity contribution in [3.05, 3.63) is 83.4 Å². The van der Waals surface area contributed by atoms with Gasteiger partial charge in [-0.15, -0.1) is 0 Å². The van der Waals surface area contributed by atoms with Gasteiger partial charge in [-0.05, 0) is 54.7 Å². The number of rotatable bonds is 7. The van der Waals surface area contributed by atoms with E-state index >= 15 is 0 Å². The third-order valence-electron chi connectivity index (χ3n) is 6.09. The van der Waals surface area contributed by atoms with Gasteiger partial charge in [0.25, 0.3) is 0 Å². The number of benzene rings is 2. The maximum absolute atomic E-state index is 14.2. The Labute approximate surface area is 184 Å². The molecule has 3 aromatic rings. The van der Waals surface area contributed by atoms with E-state index in [1.54, 1.807) is 30.5 Å². The average Bonchev–Trinajstić information content (AvgIpc) is 3.09. The van der Waals surface area contributed by atoms with Crippen molar-refractivity contribution in [2.75, 3.05) is 6.61 Å². The van der Waals surface area contributed by atoms with Crippen LogP contribution in [-0.4, -0.2) is 38.9 Å². The van der Waals surface area contributed by atoms with E-state index in [9.17, 15) is 23.4 Å². The predicted molar refractivity (Wildman–Crippen MR) is 113 cm³/mol. The lowest BCUT2D eigenvalue weighted by Gasteiger charge is -2.25. The summed E-state index contributed by atoms with van der Waals surface area (Å²) >= 11 is 0. The Morgan fingerprint density at radius 2 is 1.78 bits per heavy atom. The number of hydrogen-bond acceptors (Lipinski definition) is 5. The van der Waals surface area contributed by atoms with E-state index in [1.165, 1.54) is 12.1 Å². The summed E-state index contributed by atoms with van der Waals surface area (Å²) in [6.07, 6.45) is 1.69. The van der Waals surface area contributed by atoms with Gasteiger partial charge in [0.2, 0.25) is 0 Å². The van der Waals surface area contributed by atoms with Gasteiger partial charge in [-0.3, -0.25) is 0 Å². The molecule has 4 unspecified atom stereocenters. The zero-order valence-corrected chi connectivity index (χ0v) is 17.3. The molecule has 3 N–H and O–H groups in total. The van der Waals surface area contributed by atoms with Crippen LogP contribution in [0.3, 0.4) is 0 Å². The topological polar surface area (TPSA) is 78.3 Å². The molecule has 1 aliphatic rings. The first kappa shape index (κ1) is 22.4. The first-order valence-electron chi connectivity index (χ1n) is 10.5. The largest absolute Gasteiger partial charge is 0.396 e. The van der Waals surface area contributed by atoms with Gasteiger partial charge in [0, 0.05) is 37.0 Å². The Morgan fingerprint density at radius 1 is 0.969 bits per heavy atom. The van der Waals surface area contributed by atoms with Crippen LogP contribution in [0.15, 0.2) is 54.7 Å². The second-order valence-corrected chi connectivity index (χ2v) is 8.10. The molecule has 0 amide bonds. The normalized spacial score (nSPS) is 22.9. The molecule has 1 aromatic heterocycles. The molecule has 0 radical (unpaired) electrons. The Morgan fingerprint density at radius 3 is 2.53 bits per heavy atom. The van der Waals surface area contributed by atoms with Crippen molar-refractivity contribution in [3.8, 4) is 11.4 Å². The van der Waals surface area contributed by atoms with E-state index in [2.05, 4.69) is 15.3 Å². The zero-order valence-electron chi connectivity index (χ0n) is 17.3. The molecular formula is C24H24F3N3O2. The third kappa shape index (κ3) is 4.82. The van der Waals surface area contributed by atoms with Gasteiger partial charge < -0.3 is 15.5 Å². The molecule has 4 atom stereocenters. The highest BCUT2D eigenvalue weighted by Crippen LogP contribution is 2.35. The molecular weight excluding hydrogens is 419 g/mol. The molecule has 0 aliphatic heterocycles. The van der Waals surface area contributed by atoms with Gasteiger partial charge in [0.15, 0.2) is 17.5 Å². The zero-order chi connectivity index (χ0) is 22.7. The van der Waals surface area contributed by atoms with Gasteiger partial charge in [-0.2, -0.15) is 0 Å². The average molecular weight is 443 g/mol. The molecule has 32 heavy (non-hydrogen) atoms. The van der Waals surface area contributed by atoms with E-state index < -0.39 is 23.6 Å². The van der Waals surface area contributed by atoms with Crippen molar-refractivity contribution in [3.63, 3.8) is 0 Å². The van der Waals surface area contributed by atoms with Crippen LogP contribution in [0.25, 0.3) is 11.4 Å². The summed E-state index contributed by atoms with van der Waals surface area (Å²) < 4.78 is 40.8. The first-order chi connectivity index (χ1) is 15.5. The van der Waals surface area contributed by atoms with Crippen molar-refractivity contribution in [1.82, 2.24) is 15.3 Å². The van der Waals surface area contributed by atoms with Crippen LogP contribution in [0.4, 0.5) is 13.2 Å². The number of aliphatic hydroxyl groups is 2. The summed E-state index contributed by atoms with van der Waals surface area (Å²) in [6.45, 7) is 0.0912. The Kier molecular flexibility index (Phi) is 6.83. The van der Waals surface area contributed by atoms with Crippen LogP contribution >= 0.6 is 0 Å². The molecule has 0 spiro atoms. The summed E-state index contributed by atoms with van der Waals surface area (Å²) in [4.78, 5) is 8.68. The van der Waals surface area contributed by atoms with Crippen molar-refractivity contribution < 1.29 is 23.4 Å². The molecule has 1 fully saturated rings. The highest BCUT2D eigenvalue weighted by atomic mass is 19.2. The van der Waals surface area contributed by atoms with Gasteiger partial charge in [-0.25, -0.2) is 23.1 Å². The number of aromatic nitrogens is 2. The van der Waals surface area contributed by atoms with Crippen LogP contribution in [0.1, 0.15) is 17.7 Å². The summed E-state index contributed by atoms with van der Waals surface area (Å²) in [5, 5.41) is 23.6. The Balaban J connectivity index is 1.52. The van der Waals surface area contributed by atoms with E-state index in [1.807, 2.05) is 0 Å². The highest BCUT2D eigenvalue weighted by Gasteiger charge is 2.42. The highest BCUT2D eigenvalue weighted by molar-refractivity contribution is 5.55. The Hall–Kier alpha value is -2.81. The molecule has 8 heteroatoms. The molecule has 5 nitrogen and oxygen atoms in total. The SMILES string of the molecule is OCC1C(O)CC(NCc2ccc(F)c(F)c2)C1Cc1ccnc(-c2ccccc2F)n1. The summed E-state index contributed by atoms with van der Waals surface area (Å²) in [7, 11) is 0. The van der Waals surface area contributed by atoms with Crippen molar-refractivity contribution in [2.24, 2.45) is 11.8 Å². The van der Waals surface area contributed by atoms with E-state index in [-0.39, 0.29) is 36.9 Å². The minimum atomic E-state index is -0.915. The summed E-state index contributed by atoms with van der Waals surface area (Å²) in [5.74, 6) is -2.50. The molecule has 1 aliphatic carbocycles. The monoisotopic (exact) mass is 443 g/mol.